The molecular formula is C18H33N5O. The van der Waals surface area contributed by atoms with E-state index in [2.05, 4.69) is 32.3 Å². The van der Waals surface area contributed by atoms with Gasteiger partial charge in [-0.05, 0) is 38.1 Å². The highest BCUT2D eigenvalue weighted by atomic mass is 16.1. The Morgan fingerprint density at radius 2 is 2.29 bits per heavy atom. The lowest BCUT2D eigenvalue weighted by atomic mass is 9.79. The van der Waals surface area contributed by atoms with Crippen molar-refractivity contribution in [3.8, 4) is 0 Å². The van der Waals surface area contributed by atoms with Crippen molar-refractivity contribution in [1.82, 2.24) is 20.4 Å². The lowest BCUT2D eigenvalue weighted by Crippen LogP contribution is -2.52. The molecule has 136 valence electrons. The molecule has 2 N–H and O–H groups in total. The van der Waals surface area contributed by atoms with Crippen LogP contribution in [0, 0.1) is 11.3 Å². The van der Waals surface area contributed by atoms with Gasteiger partial charge in [0.1, 0.15) is 0 Å². The molecule has 1 amide bonds. The lowest BCUT2D eigenvalue weighted by molar-refractivity contribution is -0.119. The summed E-state index contributed by atoms with van der Waals surface area (Å²) in [5.74, 6) is 2.03. The quantitative estimate of drug-likeness (QED) is 0.594. The molecule has 3 aliphatic rings. The van der Waals surface area contributed by atoms with Crippen molar-refractivity contribution < 1.29 is 4.79 Å². The van der Waals surface area contributed by atoms with E-state index in [0.717, 1.165) is 57.4 Å². The molecule has 3 fully saturated rings. The second-order valence-electron chi connectivity index (χ2n) is 8.00. The number of piperidine rings is 2. The van der Waals surface area contributed by atoms with Gasteiger partial charge in [-0.25, -0.2) is 0 Å². The highest BCUT2D eigenvalue weighted by Crippen LogP contribution is 2.35. The normalized spacial score (nSPS) is 32.2. The summed E-state index contributed by atoms with van der Waals surface area (Å²) >= 11 is 0. The SMILES string of the molecule is CN=C(NCCN1CCCC(C)C1)N1CCCC2(CNC(=O)C2)C1. The van der Waals surface area contributed by atoms with Gasteiger partial charge in [0.25, 0.3) is 0 Å². The number of hydrogen-bond acceptors (Lipinski definition) is 3. The van der Waals surface area contributed by atoms with E-state index in [1.807, 2.05) is 7.05 Å². The van der Waals surface area contributed by atoms with Crippen molar-refractivity contribution >= 4 is 11.9 Å². The maximum absolute atomic E-state index is 11.7. The van der Waals surface area contributed by atoms with Crippen LogP contribution in [0.2, 0.25) is 0 Å². The first-order valence-electron chi connectivity index (χ1n) is 9.55. The van der Waals surface area contributed by atoms with Crippen LogP contribution >= 0.6 is 0 Å². The Balaban J connectivity index is 1.48. The Bertz CT molecular complexity index is 480. The minimum Gasteiger partial charge on any atom is -0.355 e. The van der Waals surface area contributed by atoms with Gasteiger partial charge < -0.3 is 20.4 Å². The predicted molar refractivity (Wildman–Crippen MR) is 97.1 cm³/mol. The third-order valence-electron chi connectivity index (χ3n) is 5.82. The van der Waals surface area contributed by atoms with Gasteiger partial charge in [0.05, 0.1) is 0 Å². The van der Waals surface area contributed by atoms with Crippen LogP contribution in [0.1, 0.15) is 39.0 Å². The average molecular weight is 335 g/mol. The van der Waals surface area contributed by atoms with E-state index in [4.69, 9.17) is 0 Å². The standard InChI is InChI=1S/C18H33N5O/c1-15-5-3-8-22(12-15)10-7-20-17(19-2)23-9-4-6-18(14-23)11-16(24)21-13-18/h15H,3-14H2,1-2H3,(H,19,20)(H,21,24). The Kier molecular flexibility index (Phi) is 5.64. The zero-order valence-electron chi connectivity index (χ0n) is 15.3. The first kappa shape index (κ1) is 17.5. The molecule has 2 unspecified atom stereocenters. The Labute approximate surface area is 146 Å². The zero-order chi connectivity index (χ0) is 17.0. The van der Waals surface area contributed by atoms with Gasteiger partial charge >= 0.3 is 0 Å². The molecule has 6 nitrogen and oxygen atoms in total. The number of carbonyl (C=O) groups is 1. The summed E-state index contributed by atoms with van der Waals surface area (Å²) in [6, 6.07) is 0. The minimum atomic E-state index is 0.120. The number of amides is 1. The van der Waals surface area contributed by atoms with Crippen molar-refractivity contribution in [1.29, 1.82) is 0 Å². The van der Waals surface area contributed by atoms with E-state index in [9.17, 15) is 4.79 Å². The van der Waals surface area contributed by atoms with Crippen molar-refractivity contribution in [3.05, 3.63) is 0 Å². The molecule has 3 heterocycles. The molecule has 0 aromatic carbocycles. The smallest absolute Gasteiger partial charge is 0.220 e. The fourth-order valence-corrected chi connectivity index (χ4v) is 4.58. The molecule has 2 atom stereocenters. The first-order chi connectivity index (χ1) is 11.6. The molecule has 0 bridgehead atoms. The monoisotopic (exact) mass is 335 g/mol. The molecule has 3 saturated heterocycles. The highest BCUT2D eigenvalue weighted by Gasteiger charge is 2.42. The van der Waals surface area contributed by atoms with E-state index in [1.54, 1.807) is 0 Å². The minimum absolute atomic E-state index is 0.120. The highest BCUT2D eigenvalue weighted by molar-refractivity contribution is 5.81. The molecule has 0 saturated carbocycles. The van der Waals surface area contributed by atoms with Gasteiger partial charge in [0.15, 0.2) is 5.96 Å². The van der Waals surface area contributed by atoms with Crippen LogP contribution in [-0.2, 0) is 4.79 Å². The third kappa shape index (κ3) is 4.21. The zero-order valence-corrected chi connectivity index (χ0v) is 15.3. The van der Waals surface area contributed by atoms with Crippen LogP contribution < -0.4 is 10.6 Å². The van der Waals surface area contributed by atoms with Gasteiger partial charge in [-0.3, -0.25) is 9.79 Å². The Morgan fingerprint density at radius 3 is 3.00 bits per heavy atom. The Hall–Kier alpha value is -1.30. The van der Waals surface area contributed by atoms with E-state index in [1.165, 1.54) is 25.9 Å². The average Bonchev–Trinajstić information content (AvgIpc) is 2.92. The van der Waals surface area contributed by atoms with Gasteiger partial charge in [0.2, 0.25) is 5.91 Å². The molecule has 1 spiro atoms. The van der Waals surface area contributed by atoms with Crippen LogP contribution in [0.4, 0.5) is 0 Å². The van der Waals surface area contributed by atoms with E-state index in [-0.39, 0.29) is 11.3 Å². The molecular weight excluding hydrogens is 302 g/mol. The summed E-state index contributed by atoms with van der Waals surface area (Å²) in [7, 11) is 1.87. The summed E-state index contributed by atoms with van der Waals surface area (Å²) in [5, 5.41) is 6.56. The molecule has 0 aromatic heterocycles. The van der Waals surface area contributed by atoms with Crippen LogP contribution in [0.5, 0.6) is 0 Å². The molecule has 6 heteroatoms. The van der Waals surface area contributed by atoms with Gasteiger partial charge in [0, 0.05) is 58.2 Å². The van der Waals surface area contributed by atoms with Crippen LogP contribution in [0.25, 0.3) is 0 Å². The summed E-state index contributed by atoms with van der Waals surface area (Å²) in [4.78, 5) is 21.1. The van der Waals surface area contributed by atoms with Crippen LogP contribution in [-0.4, -0.2) is 74.5 Å². The summed E-state index contributed by atoms with van der Waals surface area (Å²) < 4.78 is 0. The first-order valence-corrected chi connectivity index (χ1v) is 9.55. The van der Waals surface area contributed by atoms with Crippen molar-refractivity contribution in [2.75, 3.05) is 52.9 Å². The molecule has 3 rings (SSSR count). The summed E-state index contributed by atoms with van der Waals surface area (Å²) in [5.41, 5.74) is 0.120. The third-order valence-corrected chi connectivity index (χ3v) is 5.82. The van der Waals surface area contributed by atoms with Crippen molar-refractivity contribution in [3.63, 3.8) is 0 Å². The lowest BCUT2D eigenvalue weighted by Gasteiger charge is -2.41. The molecule has 0 radical (unpaired) electrons. The number of rotatable bonds is 3. The second-order valence-corrected chi connectivity index (χ2v) is 8.00. The Morgan fingerprint density at radius 1 is 1.42 bits per heavy atom. The number of guanidine groups is 1. The number of hydrogen-bond donors (Lipinski definition) is 2. The molecule has 0 aromatic rings. The van der Waals surface area contributed by atoms with E-state index < -0.39 is 0 Å². The number of likely N-dealkylation sites (tertiary alicyclic amines) is 2. The number of nitrogens with one attached hydrogen (secondary N) is 2. The van der Waals surface area contributed by atoms with Crippen LogP contribution in [0.15, 0.2) is 4.99 Å². The predicted octanol–water partition coefficient (Wildman–Crippen LogP) is 0.896. The summed E-state index contributed by atoms with van der Waals surface area (Å²) in [6.07, 6.45) is 5.65. The number of carbonyl (C=O) groups excluding carboxylic acids is 1. The number of aliphatic imine (C=N–C) groups is 1. The van der Waals surface area contributed by atoms with Gasteiger partial charge in [-0.15, -0.1) is 0 Å². The second kappa shape index (κ2) is 7.72. The fourth-order valence-electron chi connectivity index (χ4n) is 4.58. The summed E-state index contributed by atoms with van der Waals surface area (Å²) in [6.45, 7) is 9.63. The van der Waals surface area contributed by atoms with Gasteiger partial charge in [-0.1, -0.05) is 6.92 Å². The van der Waals surface area contributed by atoms with Gasteiger partial charge in [-0.2, -0.15) is 0 Å². The van der Waals surface area contributed by atoms with E-state index >= 15 is 0 Å². The molecule has 3 aliphatic heterocycles. The topological polar surface area (TPSA) is 60.0 Å². The molecule has 0 aliphatic carbocycles. The molecule has 24 heavy (non-hydrogen) atoms. The van der Waals surface area contributed by atoms with E-state index in [0.29, 0.717) is 6.42 Å². The van der Waals surface area contributed by atoms with Crippen molar-refractivity contribution in [2.24, 2.45) is 16.3 Å². The fraction of sp³-hybridized carbons (Fsp3) is 0.889. The van der Waals surface area contributed by atoms with Crippen molar-refractivity contribution in [2.45, 2.75) is 39.0 Å². The largest absolute Gasteiger partial charge is 0.355 e. The number of nitrogens with zero attached hydrogens (tertiary/aromatic N) is 3. The maximum atomic E-state index is 11.7. The maximum Gasteiger partial charge on any atom is 0.220 e. The van der Waals surface area contributed by atoms with Crippen LogP contribution in [0.3, 0.4) is 0 Å².